The molecule has 2 N–H and O–H groups in total. The van der Waals surface area contributed by atoms with Gasteiger partial charge in [-0.25, -0.2) is 0 Å². The van der Waals surface area contributed by atoms with Gasteiger partial charge in [0.1, 0.15) is 0 Å². The average Bonchev–Trinajstić information content (AvgIpc) is 2.62. The molecule has 2 unspecified atom stereocenters. The van der Waals surface area contributed by atoms with Crippen LogP contribution in [0.5, 0.6) is 0 Å². The number of hydrogen-bond acceptors (Lipinski definition) is 3. The second-order valence-electron chi connectivity index (χ2n) is 4.26. The normalized spacial score (nSPS) is 32.0. The van der Waals surface area contributed by atoms with Gasteiger partial charge < -0.3 is 5.73 Å². The van der Waals surface area contributed by atoms with E-state index in [-0.39, 0.29) is 5.41 Å². The van der Waals surface area contributed by atoms with Crippen LogP contribution >= 0.6 is 0 Å². The maximum Gasteiger partial charge on any atom is 0.0708 e. The Morgan fingerprint density at radius 3 is 3.00 bits per heavy atom. The van der Waals surface area contributed by atoms with E-state index in [1.807, 2.05) is 6.07 Å². The van der Waals surface area contributed by atoms with Crippen molar-refractivity contribution in [1.82, 2.24) is 10.2 Å². The average molecular weight is 191 g/mol. The second-order valence-corrected chi connectivity index (χ2v) is 4.26. The Balaban J connectivity index is 2.38. The molecule has 1 saturated carbocycles. The molecule has 0 spiro atoms. The minimum absolute atomic E-state index is 0.0915. The Morgan fingerprint density at radius 1 is 1.64 bits per heavy atom. The molecule has 1 aromatic rings. The quantitative estimate of drug-likeness (QED) is 0.770. The van der Waals surface area contributed by atoms with E-state index in [1.54, 1.807) is 6.20 Å². The third kappa shape index (κ3) is 1.32. The van der Waals surface area contributed by atoms with Crippen LogP contribution in [-0.4, -0.2) is 16.7 Å². The summed E-state index contributed by atoms with van der Waals surface area (Å²) in [5.74, 6) is 0.629. The molecule has 14 heavy (non-hydrogen) atoms. The van der Waals surface area contributed by atoms with E-state index in [2.05, 4.69) is 23.2 Å². The van der Waals surface area contributed by atoms with E-state index in [4.69, 9.17) is 5.73 Å². The molecule has 2 rings (SSSR count). The highest BCUT2D eigenvalue weighted by atomic mass is 15.1. The summed E-state index contributed by atoms with van der Waals surface area (Å²) in [4.78, 5) is 0. The van der Waals surface area contributed by atoms with Crippen LogP contribution in [-0.2, 0) is 5.41 Å². The summed E-state index contributed by atoms with van der Waals surface area (Å²) in [6, 6.07) is 4.01. The molecule has 0 aromatic carbocycles. The third-order valence-electron chi connectivity index (χ3n) is 3.65. The minimum atomic E-state index is 0.0915. The Hall–Kier alpha value is -0.960. The fourth-order valence-electron chi connectivity index (χ4n) is 2.60. The van der Waals surface area contributed by atoms with Gasteiger partial charge >= 0.3 is 0 Å². The van der Waals surface area contributed by atoms with Gasteiger partial charge in [-0.2, -0.15) is 10.2 Å². The van der Waals surface area contributed by atoms with E-state index in [0.29, 0.717) is 12.5 Å². The zero-order valence-corrected chi connectivity index (χ0v) is 8.61. The first-order valence-corrected chi connectivity index (χ1v) is 5.28. The minimum Gasteiger partial charge on any atom is -0.330 e. The van der Waals surface area contributed by atoms with Crippen molar-refractivity contribution in [2.75, 3.05) is 6.54 Å². The highest BCUT2D eigenvalue weighted by Crippen LogP contribution is 2.43. The van der Waals surface area contributed by atoms with Crippen LogP contribution in [0.2, 0.25) is 0 Å². The lowest BCUT2D eigenvalue weighted by Crippen LogP contribution is -2.38. The molecule has 0 saturated heterocycles. The van der Waals surface area contributed by atoms with Crippen molar-refractivity contribution in [2.45, 2.75) is 31.6 Å². The molecule has 3 nitrogen and oxygen atoms in total. The van der Waals surface area contributed by atoms with Crippen LogP contribution in [0.1, 0.15) is 31.9 Å². The van der Waals surface area contributed by atoms with Crippen molar-refractivity contribution in [2.24, 2.45) is 11.7 Å². The molecule has 1 aliphatic rings. The highest BCUT2D eigenvalue weighted by molar-refractivity contribution is 5.19. The van der Waals surface area contributed by atoms with Crippen molar-refractivity contribution in [3.05, 3.63) is 24.0 Å². The summed E-state index contributed by atoms with van der Waals surface area (Å²) < 4.78 is 0. The molecule has 1 heterocycles. The van der Waals surface area contributed by atoms with Gasteiger partial charge in [0, 0.05) is 18.2 Å². The van der Waals surface area contributed by atoms with E-state index in [0.717, 1.165) is 12.1 Å². The molecular formula is C11H17N3. The summed E-state index contributed by atoms with van der Waals surface area (Å²) in [6.07, 6.45) is 5.39. The van der Waals surface area contributed by atoms with Crippen LogP contribution in [0.15, 0.2) is 18.3 Å². The largest absolute Gasteiger partial charge is 0.330 e. The fraction of sp³-hybridized carbons (Fsp3) is 0.636. The number of nitrogens with zero attached hydrogens (tertiary/aromatic N) is 2. The summed E-state index contributed by atoms with van der Waals surface area (Å²) in [7, 11) is 0. The molecule has 0 bridgehead atoms. The molecular weight excluding hydrogens is 174 g/mol. The highest BCUT2D eigenvalue weighted by Gasteiger charge is 2.41. The van der Waals surface area contributed by atoms with Crippen LogP contribution in [0, 0.1) is 5.92 Å². The summed E-state index contributed by atoms with van der Waals surface area (Å²) in [6.45, 7) is 2.96. The Morgan fingerprint density at radius 2 is 2.50 bits per heavy atom. The molecule has 0 radical (unpaired) electrons. The maximum atomic E-state index is 5.92. The zero-order chi connectivity index (χ0) is 10.0. The topological polar surface area (TPSA) is 51.8 Å². The van der Waals surface area contributed by atoms with Crippen molar-refractivity contribution < 1.29 is 0 Å². The summed E-state index contributed by atoms with van der Waals surface area (Å²) in [5.41, 5.74) is 7.09. The number of nitrogens with two attached hydrogens (primary N) is 1. The van der Waals surface area contributed by atoms with Gasteiger partial charge in [-0.1, -0.05) is 13.3 Å². The van der Waals surface area contributed by atoms with Crippen molar-refractivity contribution in [3.63, 3.8) is 0 Å². The zero-order valence-electron chi connectivity index (χ0n) is 8.61. The molecule has 2 atom stereocenters. The van der Waals surface area contributed by atoms with Crippen LogP contribution in [0.3, 0.4) is 0 Å². The van der Waals surface area contributed by atoms with Crippen molar-refractivity contribution in [1.29, 1.82) is 0 Å². The summed E-state index contributed by atoms with van der Waals surface area (Å²) >= 11 is 0. The smallest absolute Gasteiger partial charge is 0.0708 e. The van der Waals surface area contributed by atoms with E-state index in [9.17, 15) is 0 Å². The first-order chi connectivity index (χ1) is 6.79. The van der Waals surface area contributed by atoms with Crippen LogP contribution in [0.4, 0.5) is 0 Å². The van der Waals surface area contributed by atoms with E-state index >= 15 is 0 Å². The maximum absolute atomic E-state index is 5.92. The fourth-order valence-corrected chi connectivity index (χ4v) is 2.60. The Labute approximate surface area is 84.7 Å². The number of hydrogen-bond donors (Lipinski definition) is 1. The van der Waals surface area contributed by atoms with Crippen LogP contribution in [0.25, 0.3) is 0 Å². The second kappa shape index (κ2) is 3.65. The standard InChI is InChI=1S/C11H17N3/c1-9-4-2-6-11(9,8-12)10-5-3-7-13-14-10/h3,5,7,9H,2,4,6,8,12H2,1H3. The third-order valence-corrected chi connectivity index (χ3v) is 3.65. The van der Waals surface area contributed by atoms with Gasteiger partial charge in [0.25, 0.3) is 0 Å². The summed E-state index contributed by atoms with van der Waals surface area (Å²) in [5, 5.41) is 8.18. The monoisotopic (exact) mass is 191 g/mol. The van der Waals surface area contributed by atoms with Gasteiger partial charge in [0.05, 0.1) is 5.69 Å². The molecule has 1 aromatic heterocycles. The van der Waals surface area contributed by atoms with E-state index in [1.165, 1.54) is 12.8 Å². The SMILES string of the molecule is CC1CCCC1(CN)c1cccnn1. The number of rotatable bonds is 2. The molecule has 1 aliphatic carbocycles. The molecule has 3 heteroatoms. The first-order valence-electron chi connectivity index (χ1n) is 5.28. The van der Waals surface area contributed by atoms with Gasteiger partial charge in [-0.15, -0.1) is 0 Å². The van der Waals surface area contributed by atoms with Crippen molar-refractivity contribution >= 4 is 0 Å². The van der Waals surface area contributed by atoms with Gasteiger partial charge in [-0.3, -0.25) is 0 Å². The van der Waals surface area contributed by atoms with Gasteiger partial charge in [0.15, 0.2) is 0 Å². The van der Waals surface area contributed by atoms with Crippen molar-refractivity contribution in [3.8, 4) is 0 Å². The Kier molecular flexibility index (Phi) is 2.50. The first kappa shape index (κ1) is 9.59. The molecule has 0 aliphatic heterocycles. The van der Waals surface area contributed by atoms with E-state index < -0.39 is 0 Å². The van der Waals surface area contributed by atoms with Gasteiger partial charge in [0.2, 0.25) is 0 Å². The lowest BCUT2D eigenvalue weighted by atomic mass is 9.76. The Bertz CT molecular complexity index is 299. The molecule has 0 amide bonds. The molecule has 76 valence electrons. The lowest BCUT2D eigenvalue weighted by Gasteiger charge is -2.31. The predicted molar refractivity (Wildman–Crippen MR) is 55.8 cm³/mol. The number of aromatic nitrogens is 2. The molecule has 1 fully saturated rings. The van der Waals surface area contributed by atoms with Crippen LogP contribution < -0.4 is 5.73 Å². The predicted octanol–water partition coefficient (Wildman–Crippen LogP) is 1.49. The van der Waals surface area contributed by atoms with Gasteiger partial charge in [-0.05, 0) is 30.9 Å². The lowest BCUT2D eigenvalue weighted by molar-refractivity contribution is 0.334.